The third kappa shape index (κ3) is 4.80. The number of hydrogen-bond donors (Lipinski definition) is 2. The predicted octanol–water partition coefficient (Wildman–Crippen LogP) is 1.53. The fraction of sp³-hybridized carbons (Fsp3) is 0.438. The van der Waals surface area contributed by atoms with Gasteiger partial charge in [-0.05, 0) is 37.5 Å². The molecule has 1 saturated heterocycles. The van der Waals surface area contributed by atoms with Gasteiger partial charge in [0.25, 0.3) is 5.91 Å². The molecule has 1 amide bonds. The zero-order chi connectivity index (χ0) is 16.9. The number of amides is 1. The van der Waals surface area contributed by atoms with Crippen molar-refractivity contribution in [3.63, 3.8) is 0 Å². The number of carbonyl (C=O) groups excluding carboxylic acids is 1. The van der Waals surface area contributed by atoms with Crippen LogP contribution in [0.3, 0.4) is 0 Å². The molecule has 0 aliphatic carbocycles. The number of nitrogens with one attached hydrogen (secondary N) is 1. The van der Waals surface area contributed by atoms with Gasteiger partial charge in [0.1, 0.15) is 0 Å². The van der Waals surface area contributed by atoms with Crippen LogP contribution in [0.15, 0.2) is 41.8 Å². The van der Waals surface area contributed by atoms with E-state index < -0.39 is 10.0 Å². The third-order valence-corrected chi connectivity index (χ3v) is 5.39. The summed E-state index contributed by atoms with van der Waals surface area (Å²) in [5.74, 6) is -0.166. The van der Waals surface area contributed by atoms with Crippen LogP contribution in [0.5, 0.6) is 0 Å². The van der Waals surface area contributed by atoms with E-state index >= 15 is 0 Å². The van der Waals surface area contributed by atoms with Crippen LogP contribution in [0, 0.1) is 0 Å². The van der Waals surface area contributed by atoms with Gasteiger partial charge in [0, 0.05) is 31.2 Å². The molecule has 1 aromatic rings. The highest BCUT2D eigenvalue weighted by Crippen LogP contribution is 2.20. The van der Waals surface area contributed by atoms with Gasteiger partial charge in [0.05, 0.1) is 4.90 Å². The Bertz CT molecular complexity index is 679. The van der Waals surface area contributed by atoms with E-state index in [0.29, 0.717) is 18.7 Å². The summed E-state index contributed by atoms with van der Waals surface area (Å²) in [5, 5.41) is 0. The van der Waals surface area contributed by atoms with Crippen LogP contribution >= 0.6 is 12.4 Å². The first-order chi connectivity index (χ1) is 11.0. The smallest absolute Gasteiger partial charge is 0.254 e. The molecule has 0 radical (unpaired) electrons. The average molecular weight is 374 g/mol. The van der Waals surface area contributed by atoms with Crippen molar-refractivity contribution in [3.05, 3.63) is 42.5 Å². The minimum absolute atomic E-state index is 0. The highest BCUT2D eigenvalue weighted by molar-refractivity contribution is 7.89. The van der Waals surface area contributed by atoms with Crippen molar-refractivity contribution >= 4 is 28.3 Å². The maximum atomic E-state index is 12.7. The molecule has 134 valence electrons. The molecule has 1 aliphatic rings. The lowest BCUT2D eigenvalue weighted by Crippen LogP contribution is -2.47. The summed E-state index contributed by atoms with van der Waals surface area (Å²) in [7, 11) is -3.64. The fourth-order valence-electron chi connectivity index (χ4n) is 2.73. The van der Waals surface area contributed by atoms with E-state index in [1.165, 1.54) is 18.2 Å². The number of rotatable bonds is 6. The topological polar surface area (TPSA) is 92.5 Å². The zero-order valence-corrected chi connectivity index (χ0v) is 15.1. The van der Waals surface area contributed by atoms with Gasteiger partial charge in [0.2, 0.25) is 10.0 Å². The van der Waals surface area contributed by atoms with E-state index in [0.717, 1.165) is 19.3 Å². The van der Waals surface area contributed by atoms with E-state index in [9.17, 15) is 13.2 Å². The van der Waals surface area contributed by atoms with Crippen molar-refractivity contribution in [2.45, 2.75) is 30.2 Å². The molecule has 3 N–H and O–H groups in total. The predicted molar refractivity (Wildman–Crippen MR) is 96.8 cm³/mol. The molecule has 6 nitrogen and oxygen atoms in total. The molecule has 24 heavy (non-hydrogen) atoms. The first-order valence-electron chi connectivity index (χ1n) is 7.71. The van der Waals surface area contributed by atoms with Crippen LogP contribution in [-0.4, -0.2) is 44.9 Å². The molecule has 0 saturated carbocycles. The third-order valence-electron chi connectivity index (χ3n) is 3.97. The fourth-order valence-corrected chi connectivity index (χ4v) is 3.77. The van der Waals surface area contributed by atoms with Crippen LogP contribution in [0.1, 0.15) is 29.6 Å². The molecular weight excluding hydrogens is 350 g/mol. The second-order valence-corrected chi connectivity index (χ2v) is 7.32. The lowest BCUT2D eigenvalue weighted by molar-refractivity contribution is 0.0623. The molecule has 1 atom stereocenters. The molecule has 0 aromatic heterocycles. The van der Waals surface area contributed by atoms with Crippen LogP contribution in [0.2, 0.25) is 0 Å². The molecule has 1 fully saturated rings. The number of hydrogen-bond acceptors (Lipinski definition) is 4. The molecular formula is C16H24ClN3O3S. The number of sulfonamides is 1. The second-order valence-electron chi connectivity index (χ2n) is 5.55. The summed E-state index contributed by atoms with van der Waals surface area (Å²) in [6, 6.07) is 6.12. The highest BCUT2D eigenvalue weighted by atomic mass is 35.5. The number of nitrogens with zero attached hydrogens (tertiary/aromatic N) is 1. The molecule has 0 bridgehead atoms. The van der Waals surface area contributed by atoms with E-state index in [-0.39, 0.29) is 35.8 Å². The summed E-state index contributed by atoms with van der Waals surface area (Å²) < 4.78 is 26.7. The minimum Gasteiger partial charge on any atom is -0.334 e. The largest absolute Gasteiger partial charge is 0.334 e. The number of likely N-dealkylation sites (tertiary alicyclic amines) is 1. The molecule has 1 unspecified atom stereocenters. The molecule has 1 aliphatic heterocycles. The summed E-state index contributed by atoms with van der Waals surface area (Å²) in [4.78, 5) is 14.5. The van der Waals surface area contributed by atoms with E-state index in [4.69, 9.17) is 5.73 Å². The number of carbonyl (C=O) groups is 1. The van der Waals surface area contributed by atoms with Crippen molar-refractivity contribution in [2.75, 3.05) is 19.6 Å². The van der Waals surface area contributed by atoms with Crippen molar-refractivity contribution < 1.29 is 13.2 Å². The van der Waals surface area contributed by atoms with Gasteiger partial charge < -0.3 is 10.6 Å². The summed E-state index contributed by atoms with van der Waals surface area (Å²) in [6.07, 6.45) is 4.36. The Morgan fingerprint density at radius 1 is 1.42 bits per heavy atom. The average Bonchev–Trinajstić information content (AvgIpc) is 2.59. The van der Waals surface area contributed by atoms with Crippen molar-refractivity contribution in [1.82, 2.24) is 9.62 Å². The standard InChI is InChI=1S/C16H23N3O3S.ClH/c1-2-9-18-23(21,22)15-8-5-6-13(11-15)16(20)19-10-4-3-7-14(19)12-17;/h2,5-6,8,11,14,18H,1,3-4,7,9-10,12,17H2;1H. The Labute approximate surface area is 149 Å². The van der Waals surface area contributed by atoms with E-state index in [1.54, 1.807) is 17.0 Å². The molecule has 8 heteroatoms. The number of halogens is 1. The van der Waals surface area contributed by atoms with Gasteiger partial charge in [-0.2, -0.15) is 0 Å². The number of benzene rings is 1. The summed E-state index contributed by atoms with van der Waals surface area (Å²) >= 11 is 0. The number of nitrogens with two attached hydrogens (primary N) is 1. The number of piperidine rings is 1. The van der Waals surface area contributed by atoms with Crippen molar-refractivity contribution in [3.8, 4) is 0 Å². The SMILES string of the molecule is C=CCNS(=O)(=O)c1cccc(C(=O)N2CCCCC2CN)c1.Cl. The molecule has 1 aromatic carbocycles. The van der Waals surface area contributed by atoms with Crippen molar-refractivity contribution in [1.29, 1.82) is 0 Å². The summed E-state index contributed by atoms with van der Waals surface area (Å²) in [6.45, 7) is 4.70. The lowest BCUT2D eigenvalue weighted by atomic mass is 10.0. The summed E-state index contributed by atoms with van der Waals surface area (Å²) in [5.41, 5.74) is 6.12. The van der Waals surface area contributed by atoms with E-state index in [2.05, 4.69) is 11.3 Å². The zero-order valence-electron chi connectivity index (χ0n) is 13.5. The van der Waals surface area contributed by atoms with Crippen LogP contribution in [0.25, 0.3) is 0 Å². The van der Waals surface area contributed by atoms with Gasteiger partial charge >= 0.3 is 0 Å². The Kier molecular flexibility index (Phi) is 7.89. The maximum Gasteiger partial charge on any atom is 0.254 e. The monoisotopic (exact) mass is 373 g/mol. The molecule has 1 heterocycles. The van der Waals surface area contributed by atoms with Crippen LogP contribution in [-0.2, 0) is 10.0 Å². The Balaban J connectivity index is 0.00000288. The second kappa shape index (κ2) is 9.17. The van der Waals surface area contributed by atoms with Gasteiger partial charge in [-0.15, -0.1) is 19.0 Å². The maximum absolute atomic E-state index is 12.7. The van der Waals surface area contributed by atoms with E-state index in [1.807, 2.05) is 0 Å². The van der Waals surface area contributed by atoms with Crippen LogP contribution < -0.4 is 10.5 Å². The van der Waals surface area contributed by atoms with Crippen molar-refractivity contribution in [2.24, 2.45) is 5.73 Å². The first kappa shape index (κ1) is 20.6. The van der Waals surface area contributed by atoms with Crippen LogP contribution in [0.4, 0.5) is 0 Å². The molecule has 0 spiro atoms. The normalized spacial score (nSPS) is 17.9. The van der Waals surface area contributed by atoms with Gasteiger partial charge in [-0.3, -0.25) is 4.79 Å². The minimum atomic E-state index is -3.64. The first-order valence-corrected chi connectivity index (χ1v) is 9.19. The molecule has 2 rings (SSSR count). The van der Waals surface area contributed by atoms with Gasteiger partial charge in [0.15, 0.2) is 0 Å². The lowest BCUT2D eigenvalue weighted by Gasteiger charge is -2.35. The Hall–Kier alpha value is -1.41. The Morgan fingerprint density at radius 3 is 2.83 bits per heavy atom. The van der Waals surface area contributed by atoms with Gasteiger partial charge in [-0.25, -0.2) is 13.1 Å². The van der Waals surface area contributed by atoms with Gasteiger partial charge in [-0.1, -0.05) is 12.1 Å². The Morgan fingerprint density at radius 2 is 2.17 bits per heavy atom. The quantitative estimate of drug-likeness (QED) is 0.739. The highest BCUT2D eigenvalue weighted by Gasteiger charge is 2.27.